The Morgan fingerprint density at radius 3 is 2.42 bits per heavy atom. The van der Waals surface area contributed by atoms with Gasteiger partial charge in [0.2, 0.25) is 0 Å². The fraction of sp³-hybridized carbons (Fsp3) is 0.294. The average molecular weight is 252 g/mol. The summed E-state index contributed by atoms with van der Waals surface area (Å²) in [7, 11) is 0. The maximum atomic E-state index is 12.6. The highest BCUT2D eigenvalue weighted by Crippen LogP contribution is 2.28. The molecule has 3 rings (SSSR count). The number of hydrogen-bond donors (Lipinski definition) is 0. The van der Waals surface area contributed by atoms with Crippen molar-refractivity contribution in [2.45, 2.75) is 25.7 Å². The van der Waals surface area contributed by atoms with E-state index in [1.165, 1.54) is 0 Å². The zero-order chi connectivity index (χ0) is 13.2. The van der Waals surface area contributed by atoms with Gasteiger partial charge in [0.05, 0.1) is 0 Å². The number of carbonyl (C=O) groups excluding carboxylic acids is 2. The van der Waals surface area contributed by atoms with Gasteiger partial charge < -0.3 is 0 Å². The summed E-state index contributed by atoms with van der Waals surface area (Å²) >= 11 is 0. The molecule has 0 aromatic heterocycles. The van der Waals surface area contributed by atoms with Crippen LogP contribution in [0.5, 0.6) is 0 Å². The molecular weight excluding hydrogens is 236 g/mol. The van der Waals surface area contributed by atoms with Crippen LogP contribution >= 0.6 is 0 Å². The number of fused-ring (bicyclic) bond motifs is 1. The van der Waals surface area contributed by atoms with Gasteiger partial charge in [-0.3, -0.25) is 9.59 Å². The normalized spacial score (nSPS) is 16.7. The molecule has 1 aliphatic carbocycles. The molecule has 0 amide bonds. The minimum absolute atomic E-state index is 0.0171. The van der Waals surface area contributed by atoms with Crippen molar-refractivity contribution in [2.24, 2.45) is 5.92 Å². The van der Waals surface area contributed by atoms with Gasteiger partial charge in [-0.2, -0.15) is 0 Å². The topological polar surface area (TPSA) is 34.1 Å². The fourth-order valence-electron chi connectivity index (χ4n) is 2.86. The highest BCUT2D eigenvalue weighted by molar-refractivity contribution is 6.09. The molecule has 1 fully saturated rings. The Hall–Kier alpha value is -1.96. The molecule has 96 valence electrons. The smallest absolute Gasteiger partial charge is 0.166 e. The maximum absolute atomic E-state index is 12.6. The van der Waals surface area contributed by atoms with E-state index in [9.17, 15) is 9.59 Å². The largest absolute Gasteiger partial charge is 0.300 e. The number of ketones is 2. The van der Waals surface area contributed by atoms with E-state index in [2.05, 4.69) is 0 Å². The minimum Gasteiger partial charge on any atom is -0.300 e. The fourth-order valence-corrected chi connectivity index (χ4v) is 2.86. The molecule has 2 heteroatoms. The van der Waals surface area contributed by atoms with Crippen LogP contribution in [0.2, 0.25) is 0 Å². The van der Waals surface area contributed by atoms with Gasteiger partial charge in [-0.1, -0.05) is 42.5 Å². The van der Waals surface area contributed by atoms with Crippen LogP contribution in [0.25, 0.3) is 10.8 Å². The molecule has 19 heavy (non-hydrogen) atoms. The van der Waals surface area contributed by atoms with Crippen molar-refractivity contribution >= 4 is 22.3 Å². The third kappa shape index (κ3) is 2.30. The first-order chi connectivity index (χ1) is 9.25. The molecule has 0 unspecified atom stereocenters. The maximum Gasteiger partial charge on any atom is 0.166 e. The van der Waals surface area contributed by atoms with Gasteiger partial charge in [-0.15, -0.1) is 0 Å². The molecule has 2 aromatic carbocycles. The van der Waals surface area contributed by atoms with Crippen molar-refractivity contribution in [1.29, 1.82) is 0 Å². The van der Waals surface area contributed by atoms with Gasteiger partial charge in [-0.05, 0) is 23.6 Å². The van der Waals surface area contributed by atoms with Crippen molar-refractivity contribution in [1.82, 2.24) is 0 Å². The number of rotatable bonds is 2. The Morgan fingerprint density at radius 1 is 0.947 bits per heavy atom. The Kier molecular flexibility index (Phi) is 3.16. The van der Waals surface area contributed by atoms with Crippen LogP contribution < -0.4 is 0 Å². The second-order valence-corrected chi connectivity index (χ2v) is 5.20. The minimum atomic E-state index is 0.0171. The van der Waals surface area contributed by atoms with Gasteiger partial charge in [0.15, 0.2) is 5.78 Å². The van der Waals surface area contributed by atoms with E-state index in [1.54, 1.807) is 0 Å². The number of carbonyl (C=O) groups is 2. The zero-order valence-electron chi connectivity index (χ0n) is 10.8. The second-order valence-electron chi connectivity index (χ2n) is 5.20. The molecule has 0 heterocycles. The number of Topliss-reactive ketones (excluding diaryl/α,β-unsaturated/α-hetero) is 2. The lowest BCUT2D eigenvalue weighted by molar-refractivity contribution is -0.120. The monoisotopic (exact) mass is 252 g/mol. The lowest BCUT2D eigenvalue weighted by atomic mass is 9.82. The van der Waals surface area contributed by atoms with Crippen molar-refractivity contribution in [3.05, 3.63) is 48.0 Å². The summed E-state index contributed by atoms with van der Waals surface area (Å²) in [4.78, 5) is 23.9. The summed E-state index contributed by atoms with van der Waals surface area (Å²) < 4.78 is 0. The predicted octanol–water partition coefficient (Wildman–Crippen LogP) is 3.78. The SMILES string of the molecule is O=C1CCC(C(=O)c2cccc3ccccc23)CC1. The first-order valence-corrected chi connectivity index (χ1v) is 6.79. The molecule has 2 aromatic rings. The molecular formula is C17H16O2. The molecule has 1 saturated carbocycles. The molecule has 0 atom stereocenters. The van der Waals surface area contributed by atoms with Crippen molar-refractivity contribution in [2.75, 3.05) is 0 Å². The summed E-state index contributed by atoms with van der Waals surface area (Å²) in [6, 6.07) is 13.8. The predicted molar refractivity (Wildman–Crippen MR) is 75.2 cm³/mol. The van der Waals surface area contributed by atoms with Crippen molar-refractivity contribution in [3.63, 3.8) is 0 Å². The van der Waals surface area contributed by atoms with Gasteiger partial charge >= 0.3 is 0 Å². The molecule has 0 spiro atoms. The number of benzene rings is 2. The molecule has 1 aliphatic rings. The summed E-state index contributed by atoms with van der Waals surface area (Å²) in [6.07, 6.45) is 2.53. The highest BCUT2D eigenvalue weighted by atomic mass is 16.1. The van der Waals surface area contributed by atoms with E-state index in [0.717, 1.165) is 16.3 Å². The molecule has 0 aliphatic heterocycles. The van der Waals surface area contributed by atoms with E-state index in [4.69, 9.17) is 0 Å². The summed E-state index contributed by atoms with van der Waals surface area (Å²) in [5.74, 6) is 0.509. The quantitative estimate of drug-likeness (QED) is 0.762. The third-order valence-electron chi connectivity index (χ3n) is 3.97. The van der Waals surface area contributed by atoms with Crippen molar-refractivity contribution < 1.29 is 9.59 Å². The average Bonchev–Trinajstić information content (AvgIpc) is 2.47. The lowest BCUT2D eigenvalue weighted by Gasteiger charge is -2.20. The first-order valence-electron chi connectivity index (χ1n) is 6.79. The van der Waals surface area contributed by atoms with Crippen LogP contribution in [0, 0.1) is 5.92 Å². The second kappa shape index (κ2) is 4.96. The Morgan fingerprint density at radius 2 is 1.63 bits per heavy atom. The van der Waals surface area contributed by atoms with E-state index < -0.39 is 0 Å². The molecule has 0 radical (unpaired) electrons. The summed E-state index contributed by atoms with van der Waals surface area (Å²) in [5.41, 5.74) is 0.803. The van der Waals surface area contributed by atoms with Gasteiger partial charge in [0.1, 0.15) is 5.78 Å². The van der Waals surface area contributed by atoms with Crippen LogP contribution in [0.4, 0.5) is 0 Å². The Balaban J connectivity index is 1.95. The van der Waals surface area contributed by atoms with Crippen LogP contribution in [0.15, 0.2) is 42.5 Å². The molecule has 0 bridgehead atoms. The Bertz CT molecular complexity index is 627. The molecule has 0 N–H and O–H groups in total. The van der Waals surface area contributed by atoms with E-state index in [0.29, 0.717) is 31.5 Å². The zero-order valence-corrected chi connectivity index (χ0v) is 10.8. The van der Waals surface area contributed by atoms with Gasteiger partial charge in [0.25, 0.3) is 0 Å². The Labute approximate surface area is 112 Å². The van der Waals surface area contributed by atoms with Crippen LogP contribution in [-0.2, 0) is 4.79 Å². The van der Waals surface area contributed by atoms with E-state index in [1.807, 2.05) is 42.5 Å². The molecule has 0 saturated heterocycles. The number of hydrogen-bond acceptors (Lipinski definition) is 2. The van der Waals surface area contributed by atoms with Crippen LogP contribution in [0.3, 0.4) is 0 Å². The third-order valence-corrected chi connectivity index (χ3v) is 3.97. The molecule has 2 nitrogen and oxygen atoms in total. The van der Waals surface area contributed by atoms with Gasteiger partial charge in [-0.25, -0.2) is 0 Å². The van der Waals surface area contributed by atoms with Crippen molar-refractivity contribution in [3.8, 4) is 0 Å². The van der Waals surface area contributed by atoms with Gasteiger partial charge in [0, 0.05) is 24.3 Å². The van der Waals surface area contributed by atoms with E-state index in [-0.39, 0.29) is 11.7 Å². The highest BCUT2D eigenvalue weighted by Gasteiger charge is 2.26. The van der Waals surface area contributed by atoms with Crippen LogP contribution in [-0.4, -0.2) is 11.6 Å². The lowest BCUT2D eigenvalue weighted by Crippen LogP contribution is -2.22. The first kappa shape index (κ1) is 12.1. The summed E-state index contributed by atoms with van der Waals surface area (Å²) in [5, 5.41) is 2.12. The van der Waals surface area contributed by atoms with E-state index >= 15 is 0 Å². The summed E-state index contributed by atoms with van der Waals surface area (Å²) in [6.45, 7) is 0. The van der Waals surface area contributed by atoms with Crippen LogP contribution in [0.1, 0.15) is 36.0 Å². The standard InChI is InChI=1S/C17H16O2/c18-14-10-8-13(9-11-14)17(19)16-7-3-5-12-4-1-2-6-15(12)16/h1-7,13H,8-11H2.